The molecule has 250 valence electrons. The number of methoxy groups -OCH3 is 1. The van der Waals surface area contributed by atoms with E-state index in [0.717, 1.165) is 0 Å². The fourth-order valence-electron chi connectivity index (χ4n) is 5.23. The first-order valence-electron chi connectivity index (χ1n) is 13.2. The van der Waals surface area contributed by atoms with Gasteiger partial charge >= 0.3 is 14.5 Å². The molecule has 25 heteroatoms. The molecule has 0 saturated carbocycles. The fourth-order valence-corrected chi connectivity index (χ4v) is 7.00. The van der Waals surface area contributed by atoms with E-state index in [1.54, 1.807) is 0 Å². The van der Waals surface area contributed by atoms with Crippen molar-refractivity contribution in [1.29, 1.82) is 0 Å². The number of H-pyrrole nitrogens is 1. The number of imidazole rings is 2. The summed E-state index contributed by atoms with van der Waals surface area (Å²) in [5.41, 5.74) is 11.2. The van der Waals surface area contributed by atoms with E-state index in [9.17, 15) is 24.0 Å². The molecule has 0 radical (unpaired) electrons. The summed E-state index contributed by atoms with van der Waals surface area (Å²) in [6.07, 6.45) is -4.98. The topological polar surface area (TPSA) is 292 Å². The molecule has 4 aromatic rings. The lowest BCUT2D eigenvalue weighted by Crippen LogP contribution is -2.37. The number of nitrogens with one attached hydrogen (secondary N) is 1. The number of phosphoric ester groups is 1. The van der Waals surface area contributed by atoms with Gasteiger partial charge in [0.15, 0.2) is 35.1 Å². The van der Waals surface area contributed by atoms with Gasteiger partial charge in [-0.05, 0) is 11.8 Å². The predicted molar refractivity (Wildman–Crippen MR) is 156 cm³/mol. The molecule has 6 heterocycles. The number of nitrogens with two attached hydrogens (primary N) is 2. The summed E-state index contributed by atoms with van der Waals surface area (Å²) in [7, 11) is -3.69. The van der Waals surface area contributed by atoms with Crippen molar-refractivity contribution in [1.82, 2.24) is 39.0 Å². The van der Waals surface area contributed by atoms with Gasteiger partial charge in [-0.25, -0.2) is 28.9 Å². The SMILES string of the molecule is CO[C@H]1[C@@H](OP(O)(=S)OC[C@@H]2C[C@@H](F)[C@H](n3cnc4c(N)ncnc43)O2)[C@H](n2cnc3c(=O)[nH]c(N)nc32)O[C@@H]1COP(=O)(O)O. The number of rotatable bonds is 11. The molecule has 0 spiro atoms. The van der Waals surface area contributed by atoms with Crippen molar-refractivity contribution in [3.63, 3.8) is 0 Å². The van der Waals surface area contributed by atoms with Crippen molar-refractivity contribution in [3.05, 3.63) is 29.3 Å². The molecule has 2 aliphatic rings. The van der Waals surface area contributed by atoms with Crippen LogP contribution in [0.5, 0.6) is 0 Å². The maximum atomic E-state index is 15.1. The molecule has 8 N–H and O–H groups in total. The molecule has 46 heavy (non-hydrogen) atoms. The summed E-state index contributed by atoms with van der Waals surface area (Å²) >= 11 is 5.26. The van der Waals surface area contributed by atoms with Crippen LogP contribution in [0.2, 0.25) is 0 Å². The first kappa shape index (κ1) is 32.9. The fraction of sp³-hybridized carbons (Fsp3) is 0.524. The largest absolute Gasteiger partial charge is 0.469 e. The van der Waals surface area contributed by atoms with Crippen molar-refractivity contribution in [2.24, 2.45) is 0 Å². The minimum absolute atomic E-state index is 0.0446. The van der Waals surface area contributed by atoms with Gasteiger partial charge in [0.25, 0.3) is 5.56 Å². The average molecular weight is 709 g/mol. The lowest BCUT2D eigenvalue weighted by Gasteiger charge is -2.28. The smallest absolute Gasteiger partial charge is 0.382 e. The average Bonchev–Trinajstić information content (AvgIpc) is 3.75. The lowest BCUT2D eigenvalue weighted by molar-refractivity contribution is -0.0532. The Kier molecular flexibility index (Phi) is 8.95. The van der Waals surface area contributed by atoms with Crippen LogP contribution in [-0.4, -0.2) is 105 Å². The van der Waals surface area contributed by atoms with Crippen molar-refractivity contribution in [3.8, 4) is 0 Å². The molecule has 8 atom stereocenters. The van der Waals surface area contributed by atoms with Crippen LogP contribution in [0.25, 0.3) is 22.3 Å². The van der Waals surface area contributed by atoms with E-state index < -0.39 is 76.4 Å². The van der Waals surface area contributed by atoms with Crippen LogP contribution in [0.4, 0.5) is 16.2 Å². The zero-order valence-electron chi connectivity index (χ0n) is 23.5. The Balaban J connectivity index is 1.21. The maximum Gasteiger partial charge on any atom is 0.469 e. The van der Waals surface area contributed by atoms with E-state index >= 15 is 4.39 Å². The van der Waals surface area contributed by atoms with Gasteiger partial charge in [0.2, 0.25) is 5.95 Å². The Morgan fingerprint density at radius 2 is 1.76 bits per heavy atom. The maximum absolute atomic E-state index is 15.1. The van der Waals surface area contributed by atoms with Crippen molar-refractivity contribution in [2.75, 3.05) is 31.8 Å². The van der Waals surface area contributed by atoms with Crippen LogP contribution < -0.4 is 17.0 Å². The highest BCUT2D eigenvalue weighted by molar-refractivity contribution is 8.07. The van der Waals surface area contributed by atoms with E-state index in [4.69, 9.17) is 46.5 Å². The van der Waals surface area contributed by atoms with Gasteiger partial charge in [-0.15, -0.1) is 0 Å². The highest BCUT2D eigenvalue weighted by Gasteiger charge is 2.50. The molecular weight excluding hydrogens is 681 g/mol. The van der Waals surface area contributed by atoms with Crippen LogP contribution in [0.3, 0.4) is 0 Å². The minimum atomic E-state index is -4.94. The molecule has 0 amide bonds. The van der Waals surface area contributed by atoms with Gasteiger partial charge in [0.05, 0.1) is 32.0 Å². The third kappa shape index (κ3) is 6.54. The van der Waals surface area contributed by atoms with E-state index in [1.165, 1.54) is 35.2 Å². The number of aromatic nitrogens is 8. The summed E-state index contributed by atoms with van der Waals surface area (Å²) in [6.45, 7) is -5.28. The molecule has 0 aromatic carbocycles. The van der Waals surface area contributed by atoms with Crippen molar-refractivity contribution < 1.29 is 51.4 Å². The van der Waals surface area contributed by atoms with Gasteiger partial charge in [-0.2, -0.15) is 4.98 Å². The number of alkyl halides is 1. The van der Waals surface area contributed by atoms with Crippen LogP contribution >= 0.6 is 14.5 Å². The summed E-state index contributed by atoms with van der Waals surface area (Å²) in [6, 6.07) is 0. The number of anilines is 2. The lowest BCUT2D eigenvalue weighted by atomic mass is 10.1. The summed E-state index contributed by atoms with van der Waals surface area (Å²) < 4.78 is 62.4. The third-order valence-corrected chi connectivity index (χ3v) is 9.20. The van der Waals surface area contributed by atoms with E-state index in [0.29, 0.717) is 0 Å². The first-order chi connectivity index (χ1) is 21.7. The number of phosphoric acid groups is 1. The minimum Gasteiger partial charge on any atom is -0.382 e. The highest BCUT2D eigenvalue weighted by Crippen LogP contribution is 2.51. The Labute approximate surface area is 261 Å². The zero-order valence-corrected chi connectivity index (χ0v) is 26.1. The van der Waals surface area contributed by atoms with Crippen molar-refractivity contribution in [2.45, 2.75) is 49.5 Å². The van der Waals surface area contributed by atoms with Crippen LogP contribution in [0.1, 0.15) is 18.9 Å². The number of nitrogens with zero attached hydrogens (tertiary/aromatic N) is 7. The zero-order chi connectivity index (χ0) is 33.0. The third-order valence-electron chi connectivity index (χ3n) is 7.16. The standard InChI is InChI=1S/C21H27FN10O11P2S/c1-38-13-10(4-39-44(34,35)36)42-20(32-7-28-12-17(32)29-21(24)30-18(12)33)14(13)43-45(37,46)40-3-8-2-9(22)19(41-8)31-6-27-11-15(23)25-5-26-16(11)31/h5-10,13-14,19-20H,2-4H2,1H3,(H,37,46)(H2,23,25,26)(H2,34,35,36)(H3,24,29,30,33)/t8-,9+,10+,13+,14+,19+,20+,45?/m0/s1. The van der Waals surface area contributed by atoms with E-state index in [2.05, 4.69) is 34.4 Å². The Hall–Kier alpha value is -3.05. The predicted octanol–water partition coefficient (Wildman–Crippen LogP) is -0.610. The molecule has 21 nitrogen and oxygen atoms in total. The van der Waals surface area contributed by atoms with Crippen molar-refractivity contribution >= 4 is 60.4 Å². The quantitative estimate of drug-likeness (QED) is 0.106. The van der Waals surface area contributed by atoms with Crippen LogP contribution in [0.15, 0.2) is 23.8 Å². The monoisotopic (exact) mass is 708 g/mol. The molecule has 6 rings (SSSR count). The molecule has 1 unspecified atom stereocenters. The molecule has 2 fully saturated rings. The number of halogens is 1. The Morgan fingerprint density at radius 1 is 1.04 bits per heavy atom. The first-order valence-corrected chi connectivity index (χ1v) is 17.4. The van der Waals surface area contributed by atoms with Gasteiger partial charge < -0.3 is 44.9 Å². The molecule has 0 aliphatic carbocycles. The number of ether oxygens (including phenoxy) is 3. The second kappa shape index (κ2) is 12.5. The van der Waals surface area contributed by atoms with Gasteiger partial charge in [0, 0.05) is 13.5 Å². The van der Waals surface area contributed by atoms with Gasteiger partial charge in [0.1, 0.15) is 36.3 Å². The number of hydrogen-bond donors (Lipinski definition) is 6. The Bertz CT molecular complexity index is 1910. The van der Waals surface area contributed by atoms with E-state index in [1.807, 2.05) is 0 Å². The second-order valence-corrected chi connectivity index (χ2v) is 14.2. The number of hydrogen-bond acceptors (Lipinski definition) is 16. The van der Waals surface area contributed by atoms with E-state index in [-0.39, 0.29) is 40.5 Å². The summed E-state index contributed by atoms with van der Waals surface area (Å²) in [5, 5.41) is 0. The molecule has 4 aromatic heterocycles. The summed E-state index contributed by atoms with van der Waals surface area (Å²) in [4.78, 5) is 64.4. The number of fused-ring (bicyclic) bond motifs is 2. The Morgan fingerprint density at radius 3 is 2.48 bits per heavy atom. The second-order valence-electron chi connectivity index (χ2n) is 10.1. The van der Waals surface area contributed by atoms with Gasteiger partial charge in [-0.3, -0.25) is 28.0 Å². The molecule has 2 aliphatic heterocycles. The van der Waals surface area contributed by atoms with Crippen LogP contribution in [0, 0.1) is 0 Å². The number of nitrogen functional groups attached to an aromatic ring is 2. The molecular formula is C21H27FN10O11P2S. The normalized spacial score (nSPS) is 28.3. The highest BCUT2D eigenvalue weighted by atomic mass is 32.5. The summed E-state index contributed by atoms with van der Waals surface area (Å²) in [5.74, 6) is -0.125. The van der Waals surface area contributed by atoms with Crippen LogP contribution in [-0.2, 0) is 44.2 Å². The molecule has 0 bridgehead atoms. The number of aromatic amines is 1. The van der Waals surface area contributed by atoms with Gasteiger partial charge in [-0.1, -0.05) is 0 Å². The molecule has 2 saturated heterocycles.